The molecule has 1 amide bonds. The number of H-pyrrole nitrogens is 1. The lowest BCUT2D eigenvalue weighted by molar-refractivity contribution is 0.102. The third-order valence-electron chi connectivity index (χ3n) is 3.35. The highest BCUT2D eigenvalue weighted by atomic mass is 16.2. The molecule has 0 atom stereocenters. The Kier molecular flexibility index (Phi) is 3.46. The molecule has 0 saturated heterocycles. The maximum absolute atomic E-state index is 12.3. The first-order valence-corrected chi connectivity index (χ1v) is 6.92. The lowest BCUT2D eigenvalue weighted by Gasteiger charge is -2.06. The number of amides is 1. The second-order valence-electron chi connectivity index (χ2n) is 4.86. The molecular formula is C15H15N5O2. The highest BCUT2D eigenvalue weighted by molar-refractivity contribution is 6.03. The van der Waals surface area contributed by atoms with E-state index in [1.807, 2.05) is 13.0 Å². The van der Waals surface area contributed by atoms with Gasteiger partial charge in [-0.3, -0.25) is 19.5 Å². The average molecular weight is 297 g/mol. The molecule has 3 heterocycles. The Morgan fingerprint density at radius 1 is 1.36 bits per heavy atom. The molecule has 0 aliphatic carbocycles. The monoisotopic (exact) mass is 297 g/mol. The quantitative estimate of drug-likeness (QED) is 0.769. The molecule has 3 rings (SSSR count). The number of nitrogens with zero attached hydrogens (tertiary/aromatic N) is 3. The zero-order chi connectivity index (χ0) is 15.7. The maximum Gasteiger partial charge on any atom is 0.263 e. The lowest BCUT2D eigenvalue weighted by Crippen LogP contribution is -2.24. The number of aryl methyl sites for hydroxylation is 2. The van der Waals surface area contributed by atoms with Crippen molar-refractivity contribution in [2.75, 3.05) is 5.32 Å². The summed E-state index contributed by atoms with van der Waals surface area (Å²) in [6, 6.07) is 6.79. The molecule has 0 bridgehead atoms. The number of nitrogens with one attached hydrogen (secondary N) is 2. The van der Waals surface area contributed by atoms with Gasteiger partial charge in [0.05, 0.1) is 0 Å². The van der Waals surface area contributed by atoms with Gasteiger partial charge in [0.2, 0.25) is 5.95 Å². The van der Waals surface area contributed by atoms with Crippen LogP contribution in [0.5, 0.6) is 0 Å². The number of fused-ring (bicyclic) bond motifs is 1. The number of aromatic amines is 1. The number of carbonyl (C=O) groups is 1. The zero-order valence-electron chi connectivity index (χ0n) is 12.3. The van der Waals surface area contributed by atoms with Crippen molar-refractivity contribution in [3.8, 4) is 0 Å². The summed E-state index contributed by atoms with van der Waals surface area (Å²) < 4.78 is 1.79. The van der Waals surface area contributed by atoms with Crippen LogP contribution in [0.3, 0.4) is 0 Å². The first-order chi connectivity index (χ1) is 10.6. The van der Waals surface area contributed by atoms with E-state index in [1.165, 1.54) is 6.07 Å². The van der Waals surface area contributed by atoms with Gasteiger partial charge in [0.1, 0.15) is 11.1 Å². The summed E-state index contributed by atoms with van der Waals surface area (Å²) in [4.78, 5) is 35.3. The number of carbonyl (C=O) groups excluding carboxylic acids is 1. The molecule has 0 fully saturated rings. The predicted molar refractivity (Wildman–Crippen MR) is 83.0 cm³/mol. The molecule has 0 spiro atoms. The number of hydrogen-bond donors (Lipinski definition) is 2. The van der Waals surface area contributed by atoms with Crippen LogP contribution >= 0.6 is 0 Å². The first kappa shape index (κ1) is 14.0. The zero-order valence-corrected chi connectivity index (χ0v) is 12.3. The molecule has 0 unspecified atom stereocenters. The molecule has 0 aliphatic heterocycles. The fourth-order valence-corrected chi connectivity index (χ4v) is 2.27. The molecule has 3 aromatic rings. The highest BCUT2D eigenvalue weighted by Crippen LogP contribution is 2.17. The van der Waals surface area contributed by atoms with Crippen molar-refractivity contribution in [2.24, 2.45) is 0 Å². The van der Waals surface area contributed by atoms with Crippen LogP contribution < -0.4 is 10.9 Å². The number of pyridine rings is 2. The summed E-state index contributed by atoms with van der Waals surface area (Å²) in [6.45, 7) is 4.29. The number of imidazole rings is 1. The standard InChI is InChI=1S/C15H15N5O2/c1-3-20-12-11(5-4-8-16-12)18-15(20)19-14(22)10-7-6-9(2)17-13(10)21/h4-8H,3H2,1-2H3,(H,17,21)(H,18,19,22). The Morgan fingerprint density at radius 3 is 2.91 bits per heavy atom. The molecule has 112 valence electrons. The van der Waals surface area contributed by atoms with Gasteiger partial charge in [-0.05, 0) is 38.1 Å². The van der Waals surface area contributed by atoms with Crippen molar-refractivity contribution in [2.45, 2.75) is 20.4 Å². The van der Waals surface area contributed by atoms with Crippen LogP contribution in [0.15, 0.2) is 35.3 Å². The molecule has 2 N–H and O–H groups in total. The van der Waals surface area contributed by atoms with Gasteiger partial charge < -0.3 is 4.98 Å². The number of rotatable bonds is 3. The van der Waals surface area contributed by atoms with Crippen molar-refractivity contribution in [1.82, 2.24) is 19.5 Å². The summed E-state index contributed by atoms with van der Waals surface area (Å²) in [6.07, 6.45) is 1.67. The topological polar surface area (TPSA) is 92.7 Å². The van der Waals surface area contributed by atoms with Gasteiger partial charge >= 0.3 is 0 Å². The summed E-state index contributed by atoms with van der Waals surface area (Å²) in [5.41, 5.74) is 1.71. The van der Waals surface area contributed by atoms with E-state index in [4.69, 9.17) is 0 Å². The van der Waals surface area contributed by atoms with Crippen LogP contribution in [-0.4, -0.2) is 25.4 Å². The number of anilines is 1. The van der Waals surface area contributed by atoms with Crippen LogP contribution in [0.1, 0.15) is 23.0 Å². The number of aromatic nitrogens is 4. The smallest absolute Gasteiger partial charge is 0.263 e. The van der Waals surface area contributed by atoms with E-state index in [9.17, 15) is 9.59 Å². The Hall–Kier alpha value is -2.96. The minimum atomic E-state index is -0.494. The van der Waals surface area contributed by atoms with Crippen molar-refractivity contribution in [1.29, 1.82) is 0 Å². The summed E-state index contributed by atoms with van der Waals surface area (Å²) in [5, 5.41) is 2.68. The molecule has 7 heteroatoms. The van der Waals surface area contributed by atoms with E-state index in [0.29, 0.717) is 29.4 Å². The van der Waals surface area contributed by atoms with Crippen molar-refractivity contribution in [3.63, 3.8) is 0 Å². The van der Waals surface area contributed by atoms with Crippen LogP contribution in [0.2, 0.25) is 0 Å². The van der Waals surface area contributed by atoms with E-state index in [0.717, 1.165) is 0 Å². The molecule has 7 nitrogen and oxygen atoms in total. The largest absolute Gasteiger partial charge is 0.326 e. The van der Waals surface area contributed by atoms with E-state index < -0.39 is 11.5 Å². The molecule has 0 aliphatic rings. The van der Waals surface area contributed by atoms with Crippen LogP contribution in [0, 0.1) is 6.92 Å². The van der Waals surface area contributed by atoms with Crippen molar-refractivity contribution in [3.05, 3.63) is 52.1 Å². The predicted octanol–water partition coefficient (Wildman–Crippen LogP) is 1.70. The molecule has 0 radical (unpaired) electrons. The molecule has 22 heavy (non-hydrogen) atoms. The summed E-state index contributed by atoms with van der Waals surface area (Å²) in [5.74, 6) is -0.118. The maximum atomic E-state index is 12.3. The van der Waals surface area contributed by atoms with Gasteiger partial charge in [-0.25, -0.2) is 9.97 Å². The van der Waals surface area contributed by atoms with Crippen LogP contribution in [-0.2, 0) is 6.54 Å². The van der Waals surface area contributed by atoms with E-state index in [2.05, 4.69) is 20.3 Å². The van der Waals surface area contributed by atoms with E-state index in [-0.39, 0.29) is 5.56 Å². The third-order valence-corrected chi connectivity index (χ3v) is 3.35. The Balaban J connectivity index is 1.99. The van der Waals surface area contributed by atoms with Crippen LogP contribution in [0.4, 0.5) is 5.95 Å². The van der Waals surface area contributed by atoms with E-state index in [1.54, 1.807) is 29.8 Å². The van der Waals surface area contributed by atoms with Gasteiger partial charge in [0.15, 0.2) is 5.65 Å². The summed E-state index contributed by atoms with van der Waals surface area (Å²) >= 11 is 0. The van der Waals surface area contributed by atoms with Crippen molar-refractivity contribution < 1.29 is 4.79 Å². The summed E-state index contributed by atoms with van der Waals surface area (Å²) in [7, 11) is 0. The van der Waals surface area contributed by atoms with Gasteiger partial charge in [-0.2, -0.15) is 0 Å². The van der Waals surface area contributed by atoms with Crippen molar-refractivity contribution >= 4 is 23.0 Å². The first-order valence-electron chi connectivity index (χ1n) is 6.92. The highest BCUT2D eigenvalue weighted by Gasteiger charge is 2.16. The fourth-order valence-electron chi connectivity index (χ4n) is 2.27. The molecular weight excluding hydrogens is 282 g/mol. The minimum absolute atomic E-state index is 0.0493. The van der Waals surface area contributed by atoms with Crippen LogP contribution in [0.25, 0.3) is 11.2 Å². The van der Waals surface area contributed by atoms with Gasteiger partial charge in [0.25, 0.3) is 11.5 Å². The van der Waals surface area contributed by atoms with Gasteiger partial charge in [0, 0.05) is 18.4 Å². The number of hydrogen-bond acceptors (Lipinski definition) is 4. The Bertz CT molecular complexity index is 910. The second kappa shape index (κ2) is 5.44. The fraction of sp³-hybridized carbons (Fsp3) is 0.200. The molecule has 0 saturated carbocycles. The normalized spacial score (nSPS) is 10.8. The third kappa shape index (κ3) is 2.37. The lowest BCUT2D eigenvalue weighted by atomic mass is 10.2. The molecule has 3 aromatic heterocycles. The average Bonchev–Trinajstić information content (AvgIpc) is 2.83. The SMILES string of the molecule is CCn1c(NC(=O)c2ccc(C)[nH]c2=O)nc2cccnc21. The van der Waals surface area contributed by atoms with Gasteiger partial charge in [-0.15, -0.1) is 0 Å². The Labute approximate surface area is 126 Å². The second-order valence-corrected chi connectivity index (χ2v) is 4.86. The Morgan fingerprint density at radius 2 is 2.18 bits per heavy atom. The molecule has 0 aromatic carbocycles. The van der Waals surface area contributed by atoms with E-state index >= 15 is 0 Å². The van der Waals surface area contributed by atoms with Gasteiger partial charge in [-0.1, -0.05) is 0 Å². The minimum Gasteiger partial charge on any atom is -0.326 e.